The van der Waals surface area contributed by atoms with Crippen LogP contribution in [0.1, 0.15) is 44.6 Å². The summed E-state index contributed by atoms with van der Waals surface area (Å²) in [5.74, 6) is 0.0304. The molecule has 1 aromatic rings. The second-order valence-electron chi connectivity index (χ2n) is 7.16. The van der Waals surface area contributed by atoms with E-state index >= 15 is 0 Å². The number of rotatable bonds is 1. The minimum absolute atomic E-state index is 0.0815. The molecule has 1 fully saturated rings. The van der Waals surface area contributed by atoms with Gasteiger partial charge in [0, 0.05) is 11.8 Å². The molecule has 2 aliphatic carbocycles. The molecule has 2 aliphatic rings. The van der Waals surface area contributed by atoms with E-state index in [9.17, 15) is 10.2 Å². The number of aliphatic hydroxyl groups is 2. The van der Waals surface area contributed by atoms with Gasteiger partial charge < -0.3 is 10.2 Å². The van der Waals surface area contributed by atoms with Crippen LogP contribution in [0.3, 0.4) is 0 Å². The normalized spacial score (nSPS) is 36.1. The summed E-state index contributed by atoms with van der Waals surface area (Å²) in [6.45, 7) is 4.39. The van der Waals surface area contributed by atoms with Gasteiger partial charge in [0.1, 0.15) is 0 Å². The Labute approximate surface area is 121 Å². The van der Waals surface area contributed by atoms with Crippen molar-refractivity contribution >= 4 is 0 Å². The second-order valence-corrected chi connectivity index (χ2v) is 7.16. The summed E-state index contributed by atoms with van der Waals surface area (Å²) in [5.41, 5.74) is 2.57. The average molecular weight is 272 g/mol. The molecule has 0 aliphatic heterocycles. The van der Waals surface area contributed by atoms with Gasteiger partial charge in [-0.1, -0.05) is 55.8 Å². The molecule has 0 radical (unpaired) electrons. The molecule has 0 aromatic heterocycles. The summed E-state index contributed by atoms with van der Waals surface area (Å²) in [7, 11) is 0. The predicted octanol–water partition coefficient (Wildman–Crippen LogP) is 3.26. The van der Waals surface area contributed by atoms with Crippen molar-refractivity contribution in [2.45, 2.75) is 51.2 Å². The molecule has 1 aromatic carbocycles. The van der Waals surface area contributed by atoms with E-state index in [1.807, 2.05) is 18.2 Å². The van der Waals surface area contributed by atoms with Gasteiger partial charge in [0.2, 0.25) is 0 Å². The molecule has 0 amide bonds. The molecular formula is C18H24O2. The molecule has 108 valence electrons. The fraction of sp³-hybridized carbons (Fsp3) is 0.556. The zero-order valence-corrected chi connectivity index (χ0v) is 12.3. The van der Waals surface area contributed by atoms with Gasteiger partial charge in [-0.3, -0.25) is 0 Å². The largest absolute Gasteiger partial charge is 0.392 e. The lowest BCUT2D eigenvalue weighted by Gasteiger charge is -2.46. The Hall–Kier alpha value is -1.12. The Morgan fingerprint density at radius 1 is 1.10 bits per heavy atom. The molecule has 0 spiro atoms. The van der Waals surface area contributed by atoms with Gasteiger partial charge in [-0.15, -0.1) is 0 Å². The van der Waals surface area contributed by atoms with Crippen molar-refractivity contribution in [3.05, 3.63) is 47.5 Å². The van der Waals surface area contributed by atoms with E-state index in [1.165, 1.54) is 11.1 Å². The minimum atomic E-state index is -0.469. The van der Waals surface area contributed by atoms with Crippen LogP contribution in [0.2, 0.25) is 0 Å². The third-order valence-electron chi connectivity index (χ3n) is 4.93. The summed E-state index contributed by atoms with van der Waals surface area (Å²) >= 11 is 0. The lowest BCUT2D eigenvalue weighted by Crippen LogP contribution is -2.45. The van der Waals surface area contributed by atoms with Crippen molar-refractivity contribution in [3.63, 3.8) is 0 Å². The van der Waals surface area contributed by atoms with Gasteiger partial charge in [-0.25, -0.2) is 0 Å². The van der Waals surface area contributed by atoms with E-state index < -0.39 is 12.2 Å². The van der Waals surface area contributed by atoms with Crippen molar-refractivity contribution in [2.24, 2.45) is 11.3 Å². The first-order valence-corrected chi connectivity index (χ1v) is 7.58. The Kier molecular flexibility index (Phi) is 3.47. The highest BCUT2D eigenvalue weighted by molar-refractivity contribution is 5.29. The van der Waals surface area contributed by atoms with Gasteiger partial charge in [0.05, 0.1) is 12.2 Å². The van der Waals surface area contributed by atoms with Gasteiger partial charge in [0.25, 0.3) is 0 Å². The van der Waals surface area contributed by atoms with Crippen LogP contribution in [-0.2, 0) is 0 Å². The van der Waals surface area contributed by atoms with Gasteiger partial charge in [0.15, 0.2) is 0 Å². The van der Waals surface area contributed by atoms with E-state index in [4.69, 9.17) is 0 Å². The summed E-state index contributed by atoms with van der Waals surface area (Å²) in [6, 6.07) is 10.2. The van der Waals surface area contributed by atoms with Crippen LogP contribution in [-0.4, -0.2) is 22.4 Å². The molecule has 4 atom stereocenters. The number of hydrogen-bond donors (Lipinski definition) is 2. The summed E-state index contributed by atoms with van der Waals surface area (Å²) in [5, 5.41) is 21.2. The van der Waals surface area contributed by atoms with Crippen LogP contribution < -0.4 is 0 Å². The molecule has 2 nitrogen and oxygen atoms in total. The van der Waals surface area contributed by atoms with Crippen molar-refractivity contribution in [3.8, 4) is 0 Å². The number of benzene rings is 1. The monoisotopic (exact) mass is 272 g/mol. The van der Waals surface area contributed by atoms with Crippen molar-refractivity contribution < 1.29 is 10.2 Å². The van der Waals surface area contributed by atoms with E-state index in [2.05, 4.69) is 32.1 Å². The molecule has 0 heterocycles. The number of aliphatic hydroxyl groups excluding tert-OH is 2. The van der Waals surface area contributed by atoms with Crippen molar-refractivity contribution in [1.82, 2.24) is 0 Å². The standard InChI is InChI=1S/C18H24O2/c1-18(2)10-13-8-9-14(12-6-4-3-5-7-12)17(20)16(13)15(19)11-18/h3-8,14-17,19-20H,9-11H2,1-2H3/t14-,15-,16+,17-/m1/s1. The molecule has 0 saturated heterocycles. The highest BCUT2D eigenvalue weighted by Gasteiger charge is 2.44. The first-order chi connectivity index (χ1) is 9.48. The number of hydrogen-bond acceptors (Lipinski definition) is 2. The minimum Gasteiger partial charge on any atom is -0.392 e. The molecule has 0 unspecified atom stereocenters. The maximum Gasteiger partial charge on any atom is 0.0701 e. The lowest BCUT2D eigenvalue weighted by molar-refractivity contribution is -0.0294. The van der Waals surface area contributed by atoms with Crippen molar-refractivity contribution in [1.29, 1.82) is 0 Å². The molecule has 1 saturated carbocycles. The Morgan fingerprint density at radius 3 is 2.50 bits per heavy atom. The van der Waals surface area contributed by atoms with Gasteiger partial charge in [-0.2, -0.15) is 0 Å². The maximum absolute atomic E-state index is 10.8. The van der Waals surface area contributed by atoms with Crippen LogP contribution in [0, 0.1) is 11.3 Å². The van der Waals surface area contributed by atoms with E-state index in [1.54, 1.807) is 0 Å². The van der Waals surface area contributed by atoms with Gasteiger partial charge >= 0.3 is 0 Å². The maximum atomic E-state index is 10.8. The Bertz CT molecular complexity index is 503. The topological polar surface area (TPSA) is 40.5 Å². The zero-order valence-electron chi connectivity index (χ0n) is 12.3. The van der Waals surface area contributed by atoms with Crippen molar-refractivity contribution in [2.75, 3.05) is 0 Å². The first-order valence-electron chi connectivity index (χ1n) is 7.58. The van der Waals surface area contributed by atoms with E-state index in [0.29, 0.717) is 0 Å². The van der Waals surface area contributed by atoms with Crippen LogP contribution in [0.25, 0.3) is 0 Å². The SMILES string of the molecule is CC1(C)CC2=CC[C@H](c3ccccc3)[C@@H](O)[C@@H]2[C@H](O)C1. The molecule has 2 heteroatoms. The molecule has 2 N–H and O–H groups in total. The third kappa shape index (κ3) is 2.43. The van der Waals surface area contributed by atoms with Gasteiger partial charge in [-0.05, 0) is 30.2 Å². The fourth-order valence-electron chi connectivity index (χ4n) is 4.04. The highest BCUT2D eigenvalue weighted by atomic mass is 16.3. The predicted molar refractivity (Wildman–Crippen MR) is 80.4 cm³/mol. The molecular weight excluding hydrogens is 248 g/mol. The van der Waals surface area contributed by atoms with Crippen LogP contribution in [0.15, 0.2) is 42.0 Å². The number of allylic oxidation sites excluding steroid dienone is 1. The second kappa shape index (κ2) is 5.01. The molecule has 20 heavy (non-hydrogen) atoms. The Morgan fingerprint density at radius 2 is 1.80 bits per heavy atom. The fourth-order valence-corrected chi connectivity index (χ4v) is 4.04. The highest BCUT2D eigenvalue weighted by Crippen LogP contribution is 2.48. The first kappa shape index (κ1) is 13.8. The zero-order chi connectivity index (χ0) is 14.3. The average Bonchev–Trinajstić information content (AvgIpc) is 2.38. The summed E-state index contributed by atoms with van der Waals surface area (Å²) in [4.78, 5) is 0. The van der Waals surface area contributed by atoms with Crippen LogP contribution in [0.5, 0.6) is 0 Å². The smallest absolute Gasteiger partial charge is 0.0701 e. The summed E-state index contributed by atoms with van der Waals surface area (Å²) in [6.07, 6.45) is 4.01. The molecule has 3 rings (SSSR count). The third-order valence-corrected chi connectivity index (χ3v) is 4.93. The molecule has 0 bridgehead atoms. The Balaban J connectivity index is 1.90. The quantitative estimate of drug-likeness (QED) is 0.770. The number of fused-ring (bicyclic) bond motifs is 1. The van der Waals surface area contributed by atoms with E-state index in [-0.39, 0.29) is 17.3 Å². The van der Waals surface area contributed by atoms with E-state index in [0.717, 1.165) is 19.3 Å². The van der Waals surface area contributed by atoms with Crippen LogP contribution >= 0.6 is 0 Å². The van der Waals surface area contributed by atoms with Crippen LogP contribution in [0.4, 0.5) is 0 Å². The summed E-state index contributed by atoms with van der Waals surface area (Å²) < 4.78 is 0. The lowest BCUT2D eigenvalue weighted by atomic mass is 9.62.